The molecule has 1 aromatic rings. The zero-order valence-electron chi connectivity index (χ0n) is 11.7. The van der Waals surface area contributed by atoms with Crippen molar-refractivity contribution in [2.45, 2.75) is 45.1 Å². The number of carbonyl (C=O) groups excluding carboxylic acids is 1. The van der Waals surface area contributed by atoms with E-state index in [1.54, 1.807) is 12.1 Å². The topological polar surface area (TPSA) is 72.2 Å². The SMILES string of the molecule is CC(Nc1ccc(C=O)cc1[N+](=O)[O-])C1CCCCC1. The van der Waals surface area contributed by atoms with Gasteiger partial charge in [0.1, 0.15) is 12.0 Å². The summed E-state index contributed by atoms with van der Waals surface area (Å²) in [6.07, 6.45) is 6.74. The molecule has 1 atom stereocenters. The maximum Gasteiger partial charge on any atom is 0.293 e. The van der Waals surface area contributed by atoms with E-state index in [2.05, 4.69) is 12.2 Å². The number of aldehydes is 1. The van der Waals surface area contributed by atoms with Gasteiger partial charge in [0, 0.05) is 17.7 Å². The van der Waals surface area contributed by atoms with Crippen LogP contribution < -0.4 is 5.32 Å². The lowest BCUT2D eigenvalue weighted by Crippen LogP contribution is -2.28. The van der Waals surface area contributed by atoms with E-state index in [0.717, 1.165) is 0 Å². The fourth-order valence-electron chi connectivity index (χ4n) is 2.89. The molecule has 1 aliphatic carbocycles. The number of nitrogens with one attached hydrogen (secondary N) is 1. The van der Waals surface area contributed by atoms with E-state index in [1.165, 1.54) is 38.2 Å². The maximum absolute atomic E-state index is 11.1. The fraction of sp³-hybridized carbons (Fsp3) is 0.533. The maximum atomic E-state index is 11.1. The molecule has 1 aliphatic rings. The Balaban J connectivity index is 2.15. The molecular formula is C15H20N2O3. The van der Waals surface area contributed by atoms with Gasteiger partial charge in [-0.2, -0.15) is 0 Å². The summed E-state index contributed by atoms with van der Waals surface area (Å²) < 4.78 is 0. The van der Waals surface area contributed by atoms with Crippen molar-refractivity contribution in [2.24, 2.45) is 5.92 Å². The van der Waals surface area contributed by atoms with Gasteiger partial charge in [0.05, 0.1) is 4.92 Å². The van der Waals surface area contributed by atoms with Crippen LogP contribution in [0.3, 0.4) is 0 Å². The van der Waals surface area contributed by atoms with Crippen LogP contribution in [-0.2, 0) is 0 Å². The number of anilines is 1. The first kappa shape index (κ1) is 14.5. The molecule has 0 saturated heterocycles. The Morgan fingerprint density at radius 1 is 1.35 bits per heavy atom. The summed E-state index contributed by atoms with van der Waals surface area (Å²) in [6.45, 7) is 2.08. The highest BCUT2D eigenvalue weighted by Gasteiger charge is 2.22. The van der Waals surface area contributed by atoms with Gasteiger partial charge < -0.3 is 5.32 Å². The molecule has 2 rings (SSSR count). The molecule has 1 unspecified atom stereocenters. The van der Waals surface area contributed by atoms with Gasteiger partial charge in [-0.25, -0.2) is 0 Å². The highest BCUT2D eigenvalue weighted by atomic mass is 16.6. The van der Waals surface area contributed by atoms with Crippen molar-refractivity contribution in [3.05, 3.63) is 33.9 Å². The largest absolute Gasteiger partial charge is 0.377 e. The minimum Gasteiger partial charge on any atom is -0.377 e. The number of carbonyl (C=O) groups is 1. The van der Waals surface area contributed by atoms with Gasteiger partial charge in [0.15, 0.2) is 0 Å². The normalized spacial score (nSPS) is 17.4. The summed E-state index contributed by atoms with van der Waals surface area (Å²) in [6, 6.07) is 4.76. The summed E-state index contributed by atoms with van der Waals surface area (Å²) >= 11 is 0. The first-order valence-electron chi connectivity index (χ1n) is 7.12. The first-order chi connectivity index (χ1) is 9.61. The van der Waals surface area contributed by atoms with Gasteiger partial charge in [0.25, 0.3) is 5.69 Å². The van der Waals surface area contributed by atoms with Crippen molar-refractivity contribution in [1.82, 2.24) is 0 Å². The fourth-order valence-corrected chi connectivity index (χ4v) is 2.89. The number of hydrogen-bond acceptors (Lipinski definition) is 4. The highest BCUT2D eigenvalue weighted by Crippen LogP contribution is 2.31. The summed E-state index contributed by atoms with van der Waals surface area (Å²) in [5, 5.41) is 14.4. The first-order valence-corrected chi connectivity index (χ1v) is 7.12. The molecule has 0 amide bonds. The lowest BCUT2D eigenvalue weighted by atomic mass is 9.84. The van der Waals surface area contributed by atoms with Gasteiger partial charge in [0.2, 0.25) is 0 Å². The minimum atomic E-state index is -0.442. The van der Waals surface area contributed by atoms with Crippen LogP contribution in [0.15, 0.2) is 18.2 Å². The van der Waals surface area contributed by atoms with Crippen molar-refractivity contribution in [1.29, 1.82) is 0 Å². The van der Waals surface area contributed by atoms with Gasteiger partial charge in [-0.15, -0.1) is 0 Å². The highest BCUT2D eigenvalue weighted by molar-refractivity contribution is 5.79. The van der Waals surface area contributed by atoms with Crippen molar-refractivity contribution in [3.63, 3.8) is 0 Å². The molecule has 0 aliphatic heterocycles. The van der Waals surface area contributed by atoms with Crippen LogP contribution in [0.1, 0.15) is 49.4 Å². The quantitative estimate of drug-likeness (QED) is 0.504. The zero-order valence-corrected chi connectivity index (χ0v) is 11.7. The third-order valence-electron chi connectivity index (χ3n) is 4.09. The molecule has 0 aromatic heterocycles. The second-order valence-corrected chi connectivity index (χ2v) is 5.48. The van der Waals surface area contributed by atoms with Crippen LogP contribution in [0.4, 0.5) is 11.4 Å². The van der Waals surface area contributed by atoms with Gasteiger partial charge in [-0.1, -0.05) is 19.3 Å². The summed E-state index contributed by atoms with van der Waals surface area (Å²) in [5.41, 5.74) is 0.795. The number of hydrogen-bond donors (Lipinski definition) is 1. The monoisotopic (exact) mass is 276 g/mol. The Labute approximate surface area is 118 Å². The summed E-state index contributed by atoms with van der Waals surface area (Å²) in [4.78, 5) is 21.4. The van der Waals surface area contributed by atoms with E-state index in [1.807, 2.05) is 0 Å². The van der Waals surface area contributed by atoms with Crippen LogP contribution >= 0.6 is 0 Å². The molecule has 0 heterocycles. The van der Waals surface area contributed by atoms with Gasteiger partial charge >= 0.3 is 0 Å². The van der Waals surface area contributed by atoms with Crippen molar-refractivity contribution < 1.29 is 9.72 Å². The Morgan fingerprint density at radius 3 is 2.65 bits per heavy atom. The average molecular weight is 276 g/mol. The standard InChI is InChI=1S/C15H20N2O3/c1-11(13-5-3-2-4-6-13)16-14-8-7-12(10-18)9-15(14)17(19)20/h7-11,13,16H,2-6H2,1H3. The van der Waals surface area contributed by atoms with Crippen molar-refractivity contribution in [2.75, 3.05) is 5.32 Å². The Kier molecular flexibility index (Phi) is 4.71. The number of benzene rings is 1. The van der Waals surface area contributed by atoms with E-state index >= 15 is 0 Å². The van der Waals surface area contributed by atoms with E-state index in [-0.39, 0.29) is 11.7 Å². The molecule has 1 aromatic carbocycles. The number of nitro groups is 1. The number of nitro benzene ring substituents is 1. The molecule has 1 fully saturated rings. The Hall–Kier alpha value is -1.91. The van der Waals surface area contributed by atoms with Crippen LogP contribution in [0.2, 0.25) is 0 Å². The molecule has 1 N–H and O–H groups in total. The lowest BCUT2D eigenvalue weighted by Gasteiger charge is -2.28. The van der Waals surface area contributed by atoms with Gasteiger partial charge in [-0.05, 0) is 37.8 Å². The van der Waals surface area contributed by atoms with Crippen molar-refractivity contribution >= 4 is 17.7 Å². The van der Waals surface area contributed by atoms with E-state index in [4.69, 9.17) is 0 Å². The zero-order chi connectivity index (χ0) is 14.5. The number of rotatable bonds is 5. The van der Waals surface area contributed by atoms with Crippen LogP contribution in [-0.4, -0.2) is 17.3 Å². The molecule has 1 saturated carbocycles. The number of nitrogens with zero attached hydrogens (tertiary/aromatic N) is 1. The van der Waals surface area contributed by atoms with Crippen molar-refractivity contribution in [3.8, 4) is 0 Å². The molecule has 108 valence electrons. The summed E-state index contributed by atoms with van der Waals surface area (Å²) in [7, 11) is 0. The smallest absolute Gasteiger partial charge is 0.293 e. The summed E-state index contributed by atoms with van der Waals surface area (Å²) in [5.74, 6) is 0.564. The van der Waals surface area contributed by atoms with Crippen LogP contribution in [0, 0.1) is 16.0 Å². The Morgan fingerprint density at radius 2 is 2.05 bits per heavy atom. The minimum absolute atomic E-state index is 0.0303. The van der Waals surface area contributed by atoms with Gasteiger partial charge in [-0.3, -0.25) is 14.9 Å². The molecule has 5 heteroatoms. The second kappa shape index (κ2) is 6.50. The molecule has 0 spiro atoms. The second-order valence-electron chi connectivity index (χ2n) is 5.48. The van der Waals surface area contributed by atoms with Crippen LogP contribution in [0.5, 0.6) is 0 Å². The molecule has 20 heavy (non-hydrogen) atoms. The third kappa shape index (κ3) is 3.35. The molecule has 0 bridgehead atoms. The molecule has 5 nitrogen and oxygen atoms in total. The van der Waals surface area contributed by atoms with E-state index < -0.39 is 4.92 Å². The molecule has 0 radical (unpaired) electrons. The predicted octanol–water partition coefficient (Wildman–Crippen LogP) is 3.79. The predicted molar refractivity (Wildman–Crippen MR) is 78.1 cm³/mol. The van der Waals surface area contributed by atoms with Crippen LogP contribution in [0.25, 0.3) is 0 Å². The van der Waals surface area contributed by atoms with E-state index in [0.29, 0.717) is 23.5 Å². The molecular weight excluding hydrogens is 256 g/mol. The lowest BCUT2D eigenvalue weighted by molar-refractivity contribution is -0.384. The Bertz CT molecular complexity index is 496. The third-order valence-corrected chi connectivity index (χ3v) is 4.09. The average Bonchev–Trinajstić information content (AvgIpc) is 2.48. The van der Waals surface area contributed by atoms with E-state index in [9.17, 15) is 14.9 Å².